The number of nitrogens with two attached hydrogens (primary N) is 1. The molecule has 0 radical (unpaired) electrons. The Kier molecular flexibility index (Phi) is 6.30. The lowest BCUT2D eigenvalue weighted by molar-refractivity contribution is -0.0375. The van der Waals surface area contributed by atoms with Gasteiger partial charge < -0.3 is 15.2 Å². The first-order valence-electron chi connectivity index (χ1n) is 6.66. The summed E-state index contributed by atoms with van der Waals surface area (Å²) in [7, 11) is 3.42. The molecule has 0 spiro atoms. The minimum atomic E-state index is -0.271. The third-order valence-electron chi connectivity index (χ3n) is 3.96. The second-order valence-electron chi connectivity index (χ2n) is 4.74. The summed E-state index contributed by atoms with van der Waals surface area (Å²) in [6.07, 6.45) is 2.53. The summed E-state index contributed by atoms with van der Waals surface area (Å²) in [5, 5.41) is 0. The van der Waals surface area contributed by atoms with E-state index in [4.69, 9.17) is 15.2 Å². The van der Waals surface area contributed by atoms with Crippen LogP contribution < -0.4 is 10.5 Å². The summed E-state index contributed by atoms with van der Waals surface area (Å²) in [5.74, 6) is 0.871. The van der Waals surface area contributed by atoms with Crippen LogP contribution in [0.3, 0.4) is 0 Å². The molecule has 0 aromatic heterocycles. The Labute approximate surface area is 124 Å². The van der Waals surface area contributed by atoms with Crippen molar-refractivity contribution in [2.45, 2.75) is 44.8 Å². The Morgan fingerprint density at radius 1 is 1.26 bits per heavy atom. The molecule has 0 aliphatic carbocycles. The van der Waals surface area contributed by atoms with Crippen LogP contribution in [0.1, 0.15) is 32.3 Å². The minimum Gasteiger partial charge on any atom is -0.496 e. The fraction of sp³-hybridized carbons (Fsp3) is 0.600. The number of benzene rings is 1. The van der Waals surface area contributed by atoms with Gasteiger partial charge in [-0.3, -0.25) is 0 Å². The molecule has 0 bridgehead atoms. The number of methoxy groups -OCH3 is 2. The van der Waals surface area contributed by atoms with E-state index in [0.717, 1.165) is 35.0 Å². The van der Waals surface area contributed by atoms with Crippen LogP contribution in [0, 0.1) is 0 Å². The Morgan fingerprint density at radius 3 is 2.37 bits per heavy atom. The fourth-order valence-electron chi connectivity index (χ4n) is 2.54. The Bertz CT molecular complexity index is 397. The maximum Gasteiger partial charge on any atom is 0.122 e. The van der Waals surface area contributed by atoms with Crippen molar-refractivity contribution in [1.82, 2.24) is 0 Å². The fourth-order valence-corrected chi connectivity index (χ4v) is 2.95. The van der Waals surface area contributed by atoms with Crippen LogP contribution in [-0.4, -0.2) is 25.9 Å². The van der Waals surface area contributed by atoms with Crippen LogP contribution in [-0.2, 0) is 11.2 Å². The molecular formula is C15H24BrNO2. The SMILES string of the molecule is CCC(CC)(OC)C(N)Cc1cc(Br)ccc1OC. The van der Waals surface area contributed by atoms with Gasteiger partial charge in [0, 0.05) is 17.6 Å². The van der Waals surface area contributed by atoms with Crippen LogP contribution >= 0.6 is 15.9 Å². The van der Waals surface area contributed by atoms with E-state index in [2.05, 4.69) is 35.8 Å². The number of hydrogen-bond donors (Lipinski definition) is 1. The van der Waals surface area contributed by atoms with E-state index in [1.807, 2.05) is 12.1 Å². The predicted molar refractivity (Wildman–Crippen MR) is 82.7 cm³/mol. The van der Waals surface area contributed by atoms with E-state index < -0.39 is 0 Å². The van der Waals surface area contributed by atoms with Gasteiger partial charge in [0.25, 0.3) is 0 Å². The molecule has 0 aliphatic rings. The zero-order chi connectivity index (χ0) is 14.5. The van der Waals surface area contributed by atoms with Gasteiger partial charge >= 0.3 is 0 Å². The third-order valence-corrected chi connectivity index (χ3v) is 4.45. The van der Waals surface area contributed by atoms with Crippen molar-refractivity contribution in [3.05, 3.63) is 28.2 Å². The number of halogens is 1. The molecule has 0 aliphatic heterocycles. The van der Waals surface area contributed by atoms with Gasteiger partial charge in [-0.05, 0) is 43.0 Å². The summed E-state index contributed by atoms with van der Waals surface area (Å²) in [6, 6.07) is 5.93. The highest BCUT2D eigenvalue weighted by Crippen LogP contribution is 2.29. The molecule has 0 saturated carbocycles. The van der Waals surface area contributed by atoms with E-state index in [1.165, 1.54) is 0 Å². The lowest BCUT2D eigenvalue weighted by Gasteiger charge is -2.36. The van der Waals surface area contributed by atoms with Gasteiger partial charge in [0.05, 0.1) is 12.7 Å². The number of rotatable bonds is 7. The van der Waals surface area contributed by atoms with E-state index in [1.54, 1.807) is 14.2 Å². The first-order chi connectivity index (χ1) is 9.02. The van der Waals surface area contributed by atoms with Crippen molar-refractivity contribution in [1.29, 1.82) is 0 Å². The van der Waals surface area contributed by atoms with Crippen molar-refractivity contribution >= 4 is 15.9 Å². The van der Waals surface area contributed by atoms with Gasteiger partial charge in [0.2, 0.25) is 0 Å². The average Bonchev–Trinajstić information content (AvgIpc) is 2.41. The van der Waals surface area contributed by atoms with Crippen LogP contribution in [0.4, 0.5) is 0 Å². The number of ether oxygens (including phenoxy) is 2. The smallest absolute Gasteiger partial charge is 0.122 e. The molecule has 0 saturated heterocycles. The Morgan fingerprint density at radius 2 is 1.89 bits per heavy atom. The molecule has 108 valence electrons. The largest absolute Gasteiger partial charge is 0.496 e. The van der Waals surface area contributed by atoms with Gasteiger partial charge in [-0.2, -0.15) is 0 Å². The standard InChI is InChI=1S/C15H24BrNO2/c1-5-15(6-2,19-4)14(17)10-11-9-12(16)7-8-13(11)18-3/h7-9,14H,5-6,10,17H2,1-4H3. The van der Waals surface area contributed by atoms with Crippen LogP contribution in [0.15, 0.2) is 22.7 Å². The zero-order valence-corrected chi connectivity index (χ0v) is 13.8. The van der Waals surface area contributed by atoms with Gasteiger partial charge in [-0.1, -0.05) is 29.8 Å². The molecule has 19 heavy (non-hydrogen) atoms. The molecule has 1 atom stereocenters. The third kappa shape index (κ3) is 3.71. The van der Waals surface area contributed by atoms with Crippen LogP contribution in [0.25, 0.3) is 0 Å². The molecule has 0 amide bonds. The predicted octanol–water partition coefficient (Wildman–Crippen LogP) is 3.53. The molecule has 3 nitrogen and oxygen atoms in total. The quantitative estimate of drug-likeness (QED) is 0.832. The monoisotopic (exact) mass is 329 g/mol. The Hall–Kier alpha value is -0.580. The van der Waals surface area contributed by atoms with E-state index in [9.17, 15) is 0 Å². The molecule has 1 unspecified atom stereocenters. The first kappa shape index (κ1) is 16.5. The topological polar surface area (TPSA) is 44.5 Å². The maximum absolute atomic E-state index is 6.39. The van der Waals surface area contributed by atoms with Crippen molar-refractivity contribution in [2.24, 2.45) is 5.73 Å². The highest BCUT2D eigenvalue weighted by molar-refractivity contribution is 9.10. The molecule has 0 heterocycles. The maximum atomic E-state index is 6.39. The summed E-state index contributed by atoms with van der Waals surface area (Å²) in [4.78, 5) is 0. The molecular weight excluding hydrogens is 306 g/mol. The highest BCUT2D eigenvalue weighted by atomic mass is 79.9. The summed E-state index contributed by atoms with van der Waals surface area (Å²) >= 11 is 3.49. The van der Waals surface area contributed by atoms with Gasteiger partial charge in [-0.25, -0.2) is 0 Å². The van der Waals surface area contributed by atoms with Gasteiger partial charge in [0.15, 0.2) is 0 Å². The van der Waals surface area contributed by atoms with Gasteiger partial charge in [-0.15, -0.1) is 0 Å². The van der Waals surface area contributed by atoms with E-state index in [0.29, 0.717) is 0 Å². The molecule has 1 rings (SSSR count). The Balaban J connectivity index is 2.98. The second-order valence-corrected chi connectivity index (χ2v) is 5.66. The lowest BCUT2D eigenvalue weighted by atomic mass is 9.85. The van der Waals surface area contributed by atoms with Gasteiger partial charge in [0.1, 0.15) is 5.75 Å². The summed E-state index contributed by atoms with van der Waals surface area (Å²) in [6.45, 7) is 4.23. The molecule has 4 heteroatoms. The second kappa shape index (κ2) is 7.27. The normalized spacial score (nSPS) is 13.4. The highest BCUT2D eigenvalue weighted by Gasteiger charge is 2.33. The van der Waals surface area contributed by atoms with E-state index in [-0.39, 0.29) is 11.6 Å². The molecule has 0 fully saturated rings. The number of hydrogen-bond acceptors (Lipinski definition) is 3. The molecule has 1 aromatic rings. The zero-order valence-electron chi connectivity index (χ0n) is 12.2. The van der Waals surface area contributed by atoms with Crippen molar-refractivity contribution in [2.75, 3.05) is 14.2 Å². The van der Waals surface area contributed by atoms with Crippen molar-refractivity contribution in [3.63, 3.8) is 0 Å². The lowest BCUT2D eigenvalue weighted by Crippen LogP contribution is -2.50. The average molecular weight is 330 g/mol. The summed E-state index contributed by atoms with van der Waals surface area (Å²) < 4.78 is 12.1. The summed E-state index contributed by atoms with van der Waals surface area (Å²) in [5.41, 5.74) is 7.23. The van der Waals surface area contributed by atoms with Crippen molar-refractivity contribution < 1.29 is 9.47 Å². The van der Waals surface area contributed by atoms with Crippen LogP contribution in [0.5, 0.6) is 5.75 Å². The van der Waals surface area contributed by atoms with Crippen molar-refractivity contribution in [3.8, 4) is 5.75 Å². The molecule has 2 N–H and O–H groups in total. The molecule has 1 aromatic carbocycles. The van der Waals surface area contributed by atoms with E-state index >= 15 is 0 Å². The minimum absolute atomic E-state index is 0.0595. The first-order valence-corrected chi connectivity index (χ1v) is 7.45. The van der Waals surface area contributed by atoms with Crippen LogP contribution in [0.2, 0.25) is 0 Å².